The van der Waals surface area contributed by atoms with Gasteiger partial charge in [0, 0.05) is 18.7 Å². The van der Waals surface area contributed by atoms with E-state index in [1.165, 1.54) is 12.1 Å². The van der Waals surface area contributed by atoms with Crippen molar-refractivity contribution in [2.75, 3.05) is 18.5 Å². The number of nitrogens with one attached hydrogen (secondary N) is 1. The van der Waals surface area contributed by atoms with Crippen LogP contribution in [0, 0.1) is 5.82 Å². The van der Waals surface area contributed by atoms with Gasteiger partial charge in [0.05, 0.1) is 12.6 Å². The molecule has 148 valence electrons. The van der Waals surface area contributed by atoms with Crippen molar-refractivity contribution in [3.8, 4) is 0 Å². The second-order valence-corrected chi connectivity index (χ2v) is 6.65. The minimum absolute atomic E-state index is 0.0778. The summed E-state index contributed by atoms with van der Waals surface area (Å²) in [6, 6.07) is 12.5. The summed E-state index contributed by atoms with van der Waals surface area (Å²) < 4.78 is 18.8. The van der Waals surface area contributed by atoms with Crippen LogP contribution < -0.4 is 5.32 Å². The molecule has 6 nitrogen and oxygen atoms in total. The summed E-state index contributed by atoms with van der Waals surface area (Å²) in [7, 11) is 0. The first-order valence-electron chi connectivity index (χ1n) is 9.18. The lowest BCUT2D eigenvalue weighted by atomic mass is 9.98. The molecular formula is C21H23FN2O4. The average molecular weight is 386 g/mol. The first kappa shape index (κ1) is 20.0. The lowest BCUT2D eigenvalue weighted by molar-refractivity contribution is -0.162. The zero-order chi connectivity index (χ0) is 20.1. The molecule has 2 atom stereocenters. The molecule has 2 aromatic carbocycles. The van der Waals surface area contributed by atoms with Crippen LogP contribution in [-0.2, 0) is 20.9 Å². The molecule has 0 unspecified atom stereocenters. The second kappa shape index (κ2) is 8.95. The summed E-state index contributed by atoms with van der Waals surface area (Å²) in [5.74, 6) is -0.652. The van der Waals surface area contributed by atoms with Crippen LogP contribution in [0.25, 0.3) is 0 Å². The van der Waals surface area contributed by atoms with Crippen molar-refractivity contribution in [3.63, 3.8) is 0 Å². The number of amides is 2. The van der Waals surface area contributed by atoms with Gasteiger partial charge in [-0.15, -0.1) is 0 Å². The summed E-state index contributed by atoms with van der Waals surface area (Å²) in [6.07, 6.45) is -0.111. The summed E-state index contributed by atoms with van der Waals surface area (Å²) in [5, 5.41) is 12.7. The van der Waals surface area contributed by atoms with Gasteiger partial charge in [0.1, 0.15) is 18.5 Å². The molecule has 28 heavy (non-hydrogen) atoms. The molecule has 0 bridgehead atoms. The number of rotatable bonds is 6. The number of anilines is 1. The van der Waals surface area contributed by atoms with E-state index < -0.39 is 12.1 Å². The molecule has 0 saturated carbocycles. The van der Waals surface area contributed by atoms with Crippen molar-refractivity contribution in [2.24, 2.45) is 0 Å². The van der Waals surface area contributed by atoms with Gasteiger partial charge in [-0.05, 0) is 35.4 Å². The van der Waals surface area contributed by atoms with Crippen molar-refractivity contribution in [1.82, 2.24) is 4.90 Å². The Morgan fingerprint density at radius 3 is 2.50 bits per heavy atom. The van der Waals surface area contributed by atoms with E-state index in [2.05, 4.69) is 5.32 Å². The van der Waals surface area contributed by atoms with Crippen molar-refractivity contribution >= 4 is 17.5 Å². The molecule has 0 radical (unpaired) electrons. The highest BCUT2D eigenvalue weighted by Crippen LogP contribution is 2.31. The van der Waals surface area contributed by atoms with Crippen LogP contribution in [0.4, 0.5) is 10.1 Å². The van der Waals surface area contributed by atoms with Gasteiger partial charge in [-0.2, -0.15) is 0 Å². The van der Waals surface area contributed by atoms with Gasteiger partial charge in [0.2, 0.25) is 11.8 Å². The van der Waals surface area contributed by atoms with Crippen molar-refractivity contribution < 1.29 is 23.8 Å². The monoisotopic (exact) mass is 386 g/mol. The maximum atomic E-state index is 13.1. The Hall–Kier alpha value is -2.77. The molecule has 3 rings (SSSR count). The van der Waals surface area contributed by atoms with E-state index in [0.29, 0.717) is 12.1 Å². The molecule has 0 aromatic heterocycles. The van der Waals surface area contributed by atoms with E-state index in [0.717, 1.165) is 11.1 Å². The largest absolute Gasteiger partial charge is 0.394 e. The van der Waals surface area contributed by atoms with Crippen LogP contribution in [-0.4, -0.2) is 41.1 Å². The Labute approximate surface area is 162 Å². The smallest absolute Gasteiger partial charge is 0.249 e. The fourth-order valence-corrected chi connectivity index (χ4v) is 3.21. The number of hydrogen-bond donors (Lipinski definition) is 2. The molecule has 1 aliphatic heterocycles. The summed E-state index contributed by atoms with van der Waals surface area (Å²) in [4.78, 5) is 25.5. The lowest BCUT2D eigenvalue weighted by Gasteiger charge is -2.40. The molecule has 1 aliphatic rings. The average Bonchev–Trinajstić information content (AvgIpc) is 2.71. The standard InChI is InChI=1S/C21H23FN2O4/c1-2-19(26)23-17-9-5-15(6-10-17)21-18(12-25)24(20(27)13-28-21)11-14-3-7-16(22)8-4-14/h3-10,18,21,25H,2,11-13H2,1H3,(H,23,26)/t18-,21-/m1/s1. The van der Waals surface area contributed by atoms with Crippen LogP contribution in [0.1, 0.15) is 30.6 Å². The topological polar surface area (TPSA) is 78.9 Å². The molecule has 0 spiro atoms. The van der Waals surface area contributed by atoms with E-state index in [1.54, 1.807) is 36.1 Å². The summed E-state index contributed by atoms with van der Waals surface area (Å²) >= 11 is 0. The van der Waals surface area contributed by atoms with Crippen LogP contribution in [0.15, 0.2) is 48.5 Å². The Morgan fingerprint density at radius 2 is 1.89 bits per heavy atom. The van der Waals surface area contributed by atoms with Crippen molar-refractivity contribution in [1.29, 1.82) is 0 Å². The molecular weight excluding hydrogens is 363 g/mol. The van der Waals surface area contributed by atoms with Crippen LogP contribution in [0.3, 0.4) is 0 Å². The lowest BCUT2D eigenvalue weighted by Crippen LogP contribution is -2.52. The Bertz CT molecular complexity index is 823. The first-order chi connectivity index (χ1) is 13.5. The third kappa shape index (κ3) is 4.55. The highest BCUT2D eigenvalue weighted by molar-refractivity contribution is 5.90. The number of ether oxygens (including phenoxy) is 1. The minimum Gasteiger partial charge on any atom is -0.394 e. The van der Waals surface area contributed by atoms with E-state index in [-0.39, 0.29) is 37.4 Å². The normalized spacial score (nSPS) is 19.5. The number of carbonyl (C=O) groups is 2. The Balaban J connectivity index is 1.78. The predicted molar refractivity (Wildman–Crippen MR) is 102 cm³/mol. The zero-order valence-electron chi connectivity index (χ0n) is 15.6. The second-order valence-electron chi connectivity index (χ2n) is 6.65. The number of nitrogens with zero attached hydrogens (tertiary/aromatic N) is 1. The number of hydrogen-bond acceptors (Lipinski definition) is 4. The van der Waals surface area contributed by atoms with Gasteiger partial charge in [0.15, 0.2) is 0 Å². The van der Waals surface area contributed by atoms with Crippen LogP contribution in [0.2, 0.25) is 0 Å². The number of morpholine rings is 1. The SMILES string of the molecule is CCC(=O)Nc1ccc([C@H]2OCC(=O)N(Cc3ccc(F)cc3)[C@@H]2CO)cc1. The number of carbonyl (C=O) groups excluding carboxylic acids is 2. The van der Waals surface area contributed by atoms with Gasteiger partial charge < -0.3 is 20.1 Å². The molecule has 0 aliphatic carbocycles. The zero-order valence-corrected chi connectivity index (χ0v) is 15.6. The third-order valence-corrected chi connectivity index (χ3v) is 4.75. The third-order valence-electron chi connectivity index (χ3n) is 4.75. The number of aliphatic hydroxyl groups excluding tert-OH is 1. The molecule has 7 heteroatoms. The molecule has 2 amide bonds. The highest BCUT2D eigenvalue weighted by Gasteiger charge is 2.37. The van der Waals surface area contributed by atoms with Gasteiger partial charge in [-0.3, -0.25) is 9.59 Å². The van der Waals surface area contributed by atoms with Crippen LogP contribution in [0.5, 0.6) is 0 Å². The number of aliphatic hydroxyl groups is 1. The van der Waals surface area contributed by atoms with Crippen molar-refractivity contribution in [2.45, 2.75) is 32.0 Å². The van der Waals surface area contributed by atoms with Crippen LogP contribution >= 0.6 is 0 Å². The Kier molecular flexibility index (Phi) is 6.38. The molecule has 1 saturated heterocycles. The quantitative estimate of drug-likeness (QED) is 0.800. The van der Waals surface area contributed by atoms with Crippen molar-refractivity contribution in [3.05, 3.63) is 65.5 Å². The van der Waals surface area contributed by atoms with Gasteiger partial charge in [-0.25, -0.2) is 4.39 Å². The van der Waals surface area contributed by atoms with E-state index in [1.807, 2.05) is 12.1 Å². The van der Waals surface area contributed by atoms with Gasteiger partial charge in [0.25, 0.3) is 0 Å². The number of benzene rings is 2. The predicted octanol–water partition coefficient (Wildman–Crippen LogP) is 2.64. The molecule has 1 heterocycles. The minimum atomic E-state index is -0.567. The first-order valence-corrected chi connectivity index (χ1v) is 9.18. The van der Waals surface area contributed by atoms with Gasteiger partial charge >= 0.3 is 0 Å². The maximum absolute atomic E-state index is 13.1. The summed E-state index contributed by atoms with van der Waals surface area (Å²) in [5.41, 5.74) is 2.24. The fourth-order valence-electron chi connectivity index (χ4n) is 3.21. The number of halogens is 1. The highest BCUT2D eigenvalue weighted by atomic mass is 19.1. The summed E-state index contributed by atoms with van der Waals surface area (Å²) in [6.45, 7) is 1.66. The maximum Gasteiger partial charge on any atom is 0.249 e. The Morgan fingerprint density at radius 1 is 1.21 bits per heavy atom. The van der Waals surface area contributed by atoms with E-state index in [4.69, 9.17) is 4.74 Å². The molecule has 1 fully saturated rings. The molecule has 2 N–H and O–H groups in total. The van der Waals surface area contributed by atoms with Gasteiger partial charge in [-0.1, -0.05) is 31.2 Å². The van der Waals surface area contributed by atoms with E-state index in [9.17, 15) is 19.1 Å². The van der Waals surface area contributed by atoms with E-state index >= 15 is 0 Å². The molecule has 2 aromatic rings. The fraction of sp³-hybridized carbons (Fsp3) is 0.333.